The molecule has 3 nitrogen and oxygen atoms in total. The molecule has 0 aliphatic rings. The molecule has 16 heavy (non-hydrogen) atoms. The van der Waals surface area contributed by atoms with Gasteiger partial charge in [-0.15, -0.1) is 0 Å². The highest BCUT2D eigenvalue weighted by atomic mass is 19.1. The molecular formula is C12H16FNO2. The first-order valence-electron chi connectivity index (χ1n) is 5.29. The highest BCUT2D eigenvalue weighted by molar-refractivity contribution is 5.73. The maximum atomic E-state index is 12.7. The van der Waals surface area contributed by atoms with Gasteiger partial charge in [-0.1, -0.05) is 19.1 Å². The number of rotatable bonds is 5. The van der Waals surface area contributed by atoms with Gasteiger partial charge in [0.25, 0.3) is 0 Å². The summed E-state index contributed by atoms with van der Waals surface area (Å²) in [6, 6.07) is 5.37. The van der Waals surface area contributed by atoms with Crippen LogP contribution in [0, 0.1) is 5.82 Å². The highest BCUT2D eigenvalue weighted by Gasteiger charge is 2.17. The van der Waals surface area contributed by atoms with E-state index < -0.39 is 12.0 Å². The molecule has 0 saturated carbocycles. The molecule has 0 aliphatic carbocycles. The smallest absolute Gasteiger partial charge is 0.320 e. The van der Waals surface area contributed by atoms with E-state index in [2.05, 4.69) is 5.32 Å². The van der Waals surface area contributed by atoms with Crippen LogP contribution in [0.2, 0.25) is 0 Å². The molecule has 1 rings (SSSR count). The standard InChI is InChI=1S/C12H16FNO2/c1-3-11(12(15)16)14-8(2)9-4-6-10(13)7-5-9/h4-8,11,14H,3H2,1-2H3,(H,15,16)/t8-,11?/m0/s1. The molecule has 0 fully saturated rings. The number of carboxylic acid groups (broad SMARTS) is 1. The minimum absolute atomic E-state index is 0.110. The third-order valence-electron chi connectivity index (χ3n) is 2.53. The molecule has 1 aromatic carbocycles. The molecule has 0 saturated heterocycles. The van der Waals surface area contributed by atoms with Crippen molar-refractivity contribution in [2.24, 2.45) is 0 Å². The van der Waals surface area contributed by atoms with Gasteiger partial charge in [-0.3, -0.25) is 10.1 Å². The van der Waals surface area contributed by atoms with Crippen LogP contribution in [-0.4, -0.2) is 17.1 Å². The number of aliphatic carboxylic acids is 1. The Hall–Kier alpha value is -1.42. The minimum atomic E-state index is -0.864. The third-order valence-corrected chi connectivity index (χ3v) is 2.53. The van der Waals surface area contributed by atoms with Crippen LogP contribution in [0.5, 0.6) is 0 Å². The van der Waals surface area contributed by atoms with Gasteiger partial charge in [0.05, 0.1) is 0 Å². The summed E-state index contributed by atoms with van der Waals surface area (Å²) in [6.45, 7) is 3.67. The number of carboxylic acids is 1. The Morgan fingerprint density at radius 2 is 2.00 bits per heavy atom. The van der Waals surface area contributed by atoms with Crippen molar-refractivity contribution in [3.8, 4) is 0 Å². The Labute approximate surface area is 94.3 Å². The number of halogens is 1. The second-order valence-corrected chi connectivity index (χ2v) is 3.74. The third kappa shape index (κ3) is 3.31. The Bertz CT molecular complexity index is 351. The van der Waals surface area contributed by atoms with Crippen LogP contribution in [0.1, 0.15) is 31.9 Å². The van der Waals surface area contributed by atoms with Crippen molar-refractivity contribution in [3.63, 3.8) is 0 Å². The average molecular weight is 225 g/mol. The summed E-state index contributed by atoms with van der Waals surface area (Å²) in [4.78, 5) is 10.8. The predicted molar refractivity (Wildman–Crippen MR) is 59.7 cm³/mol. The minimum Gasteiger partial charge on any atom is -0.480 e. The lowest BCUT2D eigenvalue weighted by atomic mass is 10.1. The van der Waals surface area contributed by atoms with E-state index in [0.29, 0.717) is 6.42 Å². The lowest BCUT2D eigenvalue weighted by molar-refractivity contribution is -0.139. The fourth-order valence-electron chi connectivity index (χ4n) is 1.51. The van der Waals surface area contributed by atoms with Crippen molar-refractivity contribution in [2.45, 2.75) is 32.4 Å². The summed E-state index contributed by atoms with van der Waals surface area (Å²) in [5.74, 6) is -1.15. The van der Waals surface area contributed by atoms with Crippen molar-refractivity contribution in [1.82, 2.24) is 5.32 Å². The highest BCUT2D eigenvalue weighted by Crippen LogP contribution is 2.14. The number of carbonyl (C=O) groups is 1. The molecule has 2 N–H and O–H groups in total. The molecular weight excluding hydrogens is 209 g/mol. The zero-order valence-electron chi connectivity index (χ0n) is 9.40. The second kappa shape index (κ2) is 5.61. The van der Waals surface area contributed by atoms with Gasteiger partial charge < -0.3 is 5.11 Å². The first-order chi connectivity index (χ1) is 7.54. The summed E-state index contributed by atoms with van der Waals surface area (Å²) < 4.78 is 12.7. The van der Waals surface area contributed by atoms with Crippen molar-refractivity contribution in [1.29, 1.82) is 0 Å². The maximum Gasteiger partial charge on any atom is 0.320 e. The Kier molecular flexibility index (Phi) is 4.43. The molecule has 0 aliphatic heterocycles. The van der Waals surface area contributed by atoms with E-state index in [1.54, 1.807) is 12.1 Å². The number of hydrogen-bond donors (Lipinski definition) is 2. The van der Waals surface area contributed by atoms with E-state index in [4.69, 9.17) is 5.11 Å². The van der Waals surface area contributed by atoms with Gasteiger partial charge in [-0.2, -0.15) is 0 Å². The Morgan fingerprint density at radius 3 is 2.44 bits per heavy atom. The van der Waals surface area contributed by atoms with E-state index in [-0.39, 0.29) is 11.9 Å². The van der Waals surface area contributed by atoms with Crippen LogP contribution < -0.4 is 5.32 Å². The SMILES string of the molecule is CCC(N[C@@H](C)c1ccc(F)cc1)C(=O)O. The molecule has 0 radical (unpaired) electrons. The van der Waals surface area contributed by atoms with Crippen LogP contribution in [0.4, 0.5) is 4.39 Å². The topological polar surface area (TPSA) is 49.3 Å². The lowest BCUT2D eigenvalue weighted by Crippen LogP contribution is -2.37. The zero-order valence-corrected chi connectivity index (χ0v) is 9.40. The summed E-state index contributed by atoms with van der Waals surface area (Å²) >= 11 is 0. The average Bonchev–Trinajstić information content (AvgIpc) is 2.26. The zero-order chi connectivity index (χ0) is 12.1. The first-order valence-corrected chi connectivity index (χ1v) is 5.29. The van der Waals surface area contributed by atoms with Gasteiger partial charge in [0.2, 0.25) is 0 Å². The lowest BCUT2D eigenvalue weighted by Gasteiger charge is -2.19. The maximum absolute atomic E-state index is 12.7. The molecule has 0 heterocycles. The van der Waals surface area contributed by atoms with Crippen LogP contribution in [0.25, 0.3) is 0 Å². The van der Waals surface area contributed by atoms with Gasteiger partial charge in [0, 0.05) is 6.04 Å². The van der Waals surface area contributed by atoms with E-state index in [0.717, 1.165) is 5.56 Å². The summed E-state index contributed by atoms with van der Waals surface area (Å²) in [5, 5.41) is 11.9. The van der Waals surface area contributed by atoms with E-state index in [1.165, 1.54) is 12.1 Å². The van der Waals surface area contributed by atoms with Crippen LogP contribution in [0.15, 0.2) is 24.3 Å². The van der Waals surface area contributed by atoms with Gasteiger partial charge in [0.1, 0.15) is 11.9 Å². The van der Waals surface area contributed by atoms with E-state index >= 15 is 0 Å². The monoisotopic (exact) mass is 225 g/mol. The van der Waals surface area contributed by atoms with Crippen LogP contribution in [-0.2, 0) is 4.79 Å². The quantitative estimate of drug-likeness (QED) is 0.808. The molecule has 0 bridgehead atoms. The number of hydrogen-bond acceptors (Lipinski definition) is 2. The van der Waals surface area contributed by atoms with E-state index in [1.807, 2.05) is 13.8 Å². The molecule has 2 atom stereocenters. The molecule has 88 valence electrons. The Morgan fingerprint density at radius 1 is 1.44 bits per heavy atom. The summed E-state index contributed by atoms with van der Waals surface area (Å²) in [6.07, 6.45) is 0.515. The van der Waals surface area contributed by atoms with Gasteiger partial charge >= 0.3 is 5.97 Å². The van der Waals surface area contributed by atoms with Crippen LogP contribution >= 0.6 is 0 Å². The second-order valence-electron chi connectivity index (χ2n) is 3.74. The van der Waals surface area contributed by atoms with Crippen LogP contribution in [0.3, 0.4) is 0 Å². The predicted octanol–water partition coefficient (Wildman–Crippen LogP) is 2.34. The molecule has 0 amide bonds. The fraction of sp³-hybridized carbons (Fsp3) is 0.417. The van der Waals surface area contributed by atoms with Gasteiger partial charge in [0.15, 0.2) is 0 Å². The fourth-order valence-corrected chi connectivity index (χ4v) is 1.51. The number of nitrogens with one attached hydrogen (secondary N) is 1. The first kappa shape index (κ1) is 12.6. The van der Waals surface area contributed by atoms with Crippen molar-refractivity contribution in [3.05, 3.63) is 35.6 Å². The normalized spacial score (nSPS) is 14.4. The molecule has 0 aromatic heterocycles. The van der Waals surface area contributed by atoms with E-state index in [9.17, 15) is 9.18 Å². The van der Waals surface area contributed by atoms with Crippen molar-refractivity contribution < 1.29 is 14.3 Å². The van der Waals surface area contributed by atoms with Crippen molar-refractivity contribution >= 4 is 5.97 Å². The summed E-state index contributed by atoms with van der Waals surface area (Å²) in [7, 11) is 0. The largest absolute Gasteiger partial charge is 0.480 e. The molecule has 4 heteroatoms. The summed E-state index contributed by atoms with van der Waals surface area (Å²) in [5.41, 5.74) is 0.876. The molecule has 0 spiro atoms. The van der Waals surface area contributed by atoms with Gasteiger partial charge in [-0.25, -0.2) is 4.39 Å². The number of benzene rings is 1. The van der Waals surface area contributed by atoms with Gasteiger partial charge in [-0.05, 0) is 31.0 Å². The molecule has 1 unspecified atom stereocenters. The van der Waals surface area contributed by atoms with Crippen molar-refractivity contribution in [2.75, 3.05) is 0 Å². The molecule has 1 aromatic rings. The Balaban J connectivity index is 2.67.